The molecular weight excluding hydrogens is 356 g/mol. The van der Waals surface area contributed by atoms with Gasteiger partial charge in [-0.1, -0.05) is 26.0 Å². The fourth-order valence-electron chi connectivity index (χ4n) is 3.37. The van der Waals surface area contributed by atoms with E-state index in [1.807, 2.05) is 18.1 Å². The standard InChI is InChI=1S/C21H28N4OS/c1-14(2)19-22-16(4)18(20(23-19)27-5)21(26)25-11-9-24(10-12-25)17-8-6-7-15(3)13-17/h6-8,13-14H,9-12H2,1-5H3. The maximum Gasteiger partial charge on any atom is 0.258 e. The number of nitrogens with zero attached hydrogens (tertiary/aromatic N) is 4. The smallest absolute Gasteiger partial charge is 0.258 e. The Kier molecular flexibility index (Phi) is 6.05. The fraction of sp³-hybridized carbons (Fsp3) is 0.476. The number of carbonyl (C=O) groups excluding carboxylic acids is 1. The molecule has 0 radical (unpaired) electrons. The van der Waals surface area contributed by atoms with Crippen LogP contribution in [0, 0.1) is 13.8 Å². The highest BCUT2D eigenvalue weighted by atomic mass is 32.2. The molecule has 1 aromatic heterocycles. The van der Waals surface area contributed by atoms with Crippen LogP contribution in [0.25, 0.3) is 0 Å². The highest BCUT2D eigenvalue weighted by Crippen LogP contribution is 2.25. The van der Waals surface area contributed by atoms with Gasteiger partial charge in [-0.05, 0) is 37.8 Å². The monoisotopic (exact) mass is 384 g/mol. The highest BCUT2D eigenvalue weighted by Gasteiger charge is 2.27. The summed E-state index contributed by atoms with van der Waals surface area (Å²) in [7, 11) is 0. The van der Waals surface area contributed by atoms with Crippen LogP contribution >= 0.6 is 11.8 Å². The van der Waals surface area contributed by atoms with Gasteiger partial charge in [0.1, 0.15) is 10.9 Å². The number of aryl methyl sites for hydroxylation is 2. The molecule has 27 heavy (non-hydrogen) atoms. The highest BCUT2D eigenvalue weighted by molar-refractivity contribution is 7.98. The van der Waals surface area contributed by atoms with Crippen molar-refractivity contribution in [1.82, 2.24) is 14.9 Å². The average molecular weight is 385 g/mol. The van der Waals surface area contributed by atoms with E-state index in [0.717, 1.165) is 29.6 Å². The summed E-state index contributed by atoms with van der Waals surface area (Å²) in [6, 6.07) is 8.53. The quantitative estimate of drug-likeness (QED) is 0.591. The molecule has 5 nitrogen and oxygen atoms in total. The van der Waals surface area contributed by atoms with E-state index in [1.165, 1.54) is 23.0 Å². The number of benzene rings is 1. The lowest BCUT2D eigenvalue weighted by molar-refractivity contribution is 0.0741. The van der Waals surface area contributed by atoms with Crippen LogP contribution < -0.4 is 4.90 Å². The molecular formula is C21H28N4OS. The SMILES string of the molecule is CSc1nc(C(C)C)nc(C)c1C(=O)N1CCN(c2cccc(C)c2)CC1. The second kappa shape index (κ2) is 8.30. The van der Waals surface area contributed by atoms with Gasteiger partial charge in [0.05, 0.1) is 11.3 Å². The Labute approximate surface area is 166 Å². The molecule has 6 heteroatoms. The van der Waals surface area contributed by atoms with Crippen molar-refractivity contribution >= 4 is 23.4 Å². The number of hydrogen-bond acceptors (Lipinski definition) is 5. The second-order valence-corrected chi connectivity index (χ2v) is 8.12. The molecule has 1 aliphatic rings. The van der Waals surface area contributed by atoms with Gasteiger partial charge in [-0.2, -0.15) is 0 Å². The van der Waals surface area contributed by atoms with Gasteiger partial charge >= 0.3 is 0 Å². The van der Waals surface area contributed by atoms with E-state index in [1.54, 1.807) is 0 Å². The number of carbonyl (C=O) groups is 1. The van der Waals surface area contributed by atoms with Gasteiger partial charge in [-0.15, -0.1) is 11.8 Å². The van der Waals surface area contributed by atoms with Gasteiger partial charge < -0.3 is 9.80 Å². The van der Waals surface area contributed by atoms with Crippen molar-refractivity contribution in [2.24, 2.45) is 0 Å². The van der Waals surface area contributed by atoms with Gasteiger partial charge in [0.25, 0.3) is 5.91 Å². The van der Waals surface area contributed by atoms with E-state index in [-0.39, 0.29) is 11.8 Å². The molecule has 1 fully saturated rings. The number of hydrogen-bond donors (Lipinski definition) is 0. The normalized spacial score (nSPS) is 14.7. The summed E-state index contributed by atoms with van der Waals surface area (Å²) < 4.78 is 0. The molecule has 2 heterocycles. The summed E-state index contributed by atoms with van der Waals surface area (Å²) in [6.45, 7) is 11.3. The molecule has 0 aliphatic carbocycles. The Hall–Kier alpha value is -2.08. The summed E-state index contributed by atoms with van der Waals surface area (Å²) in [4.78, 5) is 26.7. The molecule has 0 unspecified atom stereocenters. The van der Waals surface area contributed by atoms with Crippen molar-refractivity contribution < 1.29 is 4.79 Å². The van der Waals surface area contributed by atoms with Crippen molar-refractivity contribution in [3.8, 4) is 0 Å². The van der Waals surface area contributed by atoms with Crippen molar-refractivity contribution in [3.05, 3.63) is 46.9 Å². The van der Waals surface area contributed by atoms with Crippen LogP contribution in [0.3, 0.4) is 0 Å². The largest absolute Gasteiger partial charge is 0.368 e. The third kappa shape index (κ3) is 4.26. The van der Waals surface area contributed by atoms with Crippen LogP contribution in [0.5, 0.6) is 0 Å². The van der Waals surface area contributed by atoms with Crippen LogP contribution in [0.1, 0.15) is 47.2 Å². The molecule has 1 amide bonds. The number of thioether (sulfide) groups is 1. The van der Waals surface area contributed by atoms with E-state index < -0.39 is 0 Å². The minimum Gasteiger partial charge on any atom is -0.368 e. The van der Waals surface area contributed by atoms with Crippen molar-refractivity contribution in [1.29, 1.82) is 0 Å². The zero-order valence-corrected chi connectivity index (χ0v) is 17.6. The number of anilines is 1. The lowest BCUT2D eigenvalue weighted by atomic mass is 10.1. The molecule has 0 spiro atoms. The fourth-order valence-corrected chi connectivity index (χ4v) is 3.99. The average Bonchev–Trinajstić information content (AvgIpc) is 2.66. The molecule has 0 bridgehead atoms. The first-order chi connectivity index (χ1) is 12.9. The van der Waals surface area contributed by atoms with Gasteiger partial charge in [-0.3, -0.25) is 4.79 Å². The summed E-state index contributed by atoms with van der Waals surface area (Å²) in [6.07, 6.45) is 1.97. The van der Waals surface area contributed by atoms with Gasteiger partial charge in [-0.25, -0.2) is 9.97 Å². The van der Waals surface area contributed by atoms with Gasteiger partial charge in [0.15, 0.2) is 0 Å². The number of rotatable bonds is 4. The molecule has 3 rings (SSSR count). The summed E-state index contributed by atoms with van der Waals surface area (Å²) in [5.41, 5.74) is 3.93. The minimum absolute atomic E-state index is 0.0519. The maximum absolute atomic E-state index is 13.2. The van der Waals surface area contributed by atoms with E-state index in [9.17, 15) is 4.79 Å². The number of amides is 1. The molecule has 1 aromatic carbocycles. The molecule has 144 valence electrons. The van der Waals surface area contributed by atoms with Crippen LogP contribution in [0.15, 0.2) is 29.3 Å². The molecule has 0 atom stereocenters. The van der Waals surface area contributed by atoms with E-state index in [2.05, 4.69) is 59.9 Å². The predicted molar refractivity (Wildman–Crippen MR) is 112 cm³/mol. The molecule has 0 saturated carbocycles. The maximum atomic E-state index is 13.2. The first-order valence-electron chi connectivity index (χ1n) is 9.44. The lowest BCUT2D eigenvalue weighted by Gasteiger charge is -2.36. The van der Waals surface area contributed by atoms with E-state index >= 15 is 0 Å². The Morgan fingerprint density at radius 1 is 1.11 bits per heavy atom. The Bertz CT molecular complexity index is 829. The van der Waals surface area contributed by atoms with Crippen molar-refractivity contribution in [2.75, 3.05) is 37.3 Å². The van der Waals surface area contributed by atoms with Crippen LogP contribution in [-0.4, -0.2) is 53.2 Å². The number of aromatic nitrogens is 2. The number of piperazine rings is 1. The van der Waals surface area contributed by atoms with Gasteiger partial charge in [0, 0.05) is 37.8 Å². The first kappa shape index (κ1) is 19.7. The first-order valence-corrected chi connectivity index (χ1v) is 10.7. The zero-order chi connectivity index (χ0) is 19.6. The Morgan fingerprint density at radius 3 is 2.41 bits per heavy atom. The molecule has 0 N–H and O–H groups in total. The third-order valence-corrected chi connectivity index (χ3v) is 5.61. The van der Waals surface area contributed by atoms with Gasteiger partial charge in [0.2, 0.25) is 0 Å². The van der Waals surface area contributed by atoms with Crippen LogP contribution in [-0.2, 0) is 0 Å². The lowest BCUT2D eigenvalue weighted by Crippen LogP contribution is -2.49. The van der Waals surface area contributed by atoms with Crippen molar-refractivity contribution in [3.63, 3.8) is 0 Å². The predicted octanol–water partition coefficient (Wildman–Crippen LogP) is 3.90. The second-order valence-electron chi connectivity index (χ2n) is 7.32. The Balaban J connectivity index is 1.76. The molecule has 1 saturated heterocycles. The molecule has 1 aliphatic heterocycles. The van der Waals surface area contributed by atoms with Crippen LogP contribution in [0.2, 0.25) is 0 Å². The molecule has 2 aromatic rings. The van der Waals surface area contributed by atoms with Crippen LogP contribution in [0.4, 0.5) is 5.69 Å². The topological polar surface area (TPSA) is 49.3 Å². The summed E-state index contributed by atoms with van der Waals surface area (Å²) in [5.74, 6) is 1.10. The third-order valence-electron chi connectivity index (χ3n) is 4.93. The minimum atomic E-state index is 0.0519. The van der Waals surface area contributed by atoms with E-state index in [0.29, 0.717) is 18.7 Å². The zero-order valence-electron chi connectivity index (χ0n) is 16.8. The summed E-state index contributed by atoms with van der Waals surface area (Å²) in [5, 5.41) is 0.789. The Morgan fingerprint density at radius 2 is 1.81 bits per heavy atom. The van der Waals surface area contributed by atoms with E-state index in [4.69, 9.17) is 0 Å². The van der Waals surface area contributed by atoms with Crippen molar-refractivity contribution in [2.45, 2.75) is 38.6 Å². The summed E-state index contributed by atoms with van der Waals surface area (Å²) >= 11 is 1.52.